The van der Waals surface area contributed by atoms with E-state index in [0.29, 0.717) is 5.92 Å². The van der Waals surface area contributed by atoms with Crippen LogP contribution < -0.4 is 0 Å². The van der Waals surface area contributed by atoms with Gasteiger partial charge in [0.25, 0.3) is 0 Å². The molecule has 1 atom stereocenters. The molecule has 3 heteroatoms. The van der Waals surface area contributed by atoms with Crippen LogP contribution in [0.15, 0.2) is 24.3 Å². The Bertz CT molecular complexity index is 370. The minimum absolute atomic E-state index is 0.305. The molecule has 0 aliphatic carbocycles. The zero-order valence-electron chi connectivity index (χ0n) is 11.0. The number of amides is 1. The molecule has 3 nitrogen and oxygen atoms in total. The van der Waals surface area contributed by atoms with Crippen LogP contribution in [0.1, 0.15) is 44.9 Å². The van der Waals surface area contributed by atoms with Gasteiger partial charge in [0.05, 0.1) is 6.04 Å². The van der Waals surface area contributed by atoms with E-state index in [9.17, 15) is 10.0 Å². The van der Waals surface area contributed by atoms with Gasteiger partial charge >= 0.3 is 0 Å². The molecule has 0 aliphatic heterocycles. The Balaban J connectivity index is 2.76. The fourth-order valence-electron chi connectivity index (χ4n) is 1.82. The molecule has 0 spiro atoms. The third-order valence-corrected chi connectivity index (χ3v) is 2.80. The van der Waals surface area contributed by atoms with Crippen molar-refractivity contribution in [2.75, 3.05) is 0 Å². The van der Waals surface area contributed by atoms with Crippen LogP contribution in [0, 0.1) is 5.92 Å². The Labute approximate surface area is 103 Å². The van der Waals surface area contributed by atoms with E-state index >= 15 is 0 Å². The Kier molecular flexibility index (Phi) is 4.70. The van der Waals surface area contributed by atoms with E-state index in [1.165, 1.54) is 12.5 Å². The SMILES string of the molecule is CC(=O)N(O)[C@H](C)c1ccc(CC(C)C)cc1. The zero-order valence-corrected chi connectivity index (χ0v) is 11.0. The van der Waals surface area contributed by atoms with Gasteiger partial charge in [-0.25, -0.2) is 5.06 Å². The molecule has 0 aromatic heterocycles. The van der Waals surface area contributed by atoms with Gasteiger partial charge < -0.3 is 0 Å². The summed E-state index contributed by atoms with van der Waals surface area (Å²) < 4.78 is 0. The maximum absolute atomic E-state index is 11.0. The highest BCUT2D eigenvalue weighted by Gasteiger charge is 2.15. The molecule has 1 rings (SSSR count). The predicted octanol–water partition coefficient (Wildman–Crippen LogP) is 3.18. The Morgan fingerprint density at radius 2 is 1.76 bits per heavy atom. The van der Waals surface area contributed by atoms with Crippen LogP contribution in [0.3, 0.4) is 0 Å². The number of benzene rings is 1. The summed E-state index contributed by atoms with van der Waals surface area (Å²) in [6, 6.07) is 7.74. The zero-order chi connectivity index (χ0) is 13.0. The second kappa shape index (κ2) is 5.82. The van der Waals surface area contributed by atoms with Gasteiger partial charge in [-0.2, -0.15) is 0 Å². The summed E-state index contributed by atoms with van der Waals surface area (Å²) >= 11 is 0. The summed E-state index contributed by atoms with van der Waals surface area (Å²) in [5.41, 5.74) is 2.22. The highest BCUT2D eigenvalue weighted by molar-refractivity contribution is 5.72. The lowest BCUT2D eigenvalue weighted by molar-refractivity contribution is -0.172. The fraction of sp³-hybridized carbons (Fsp3) is 0.500. The molecule has 1 amide bonds. The van der Waals surface area contributed by atoms with Crippen LogP contribution in [-0.4, -0.2) is 16.2 Å². The molecule has 0 saturated heterocycles. The van der Waals surface area contributed by atoms with Crippen LogP contribution >= 0.6 is 0 Å². The number of hydrogen-bond acceptors (Lipinski definition) is 2. The molecular weight excluding hydrogens is 214 g/mol. The van der Waals surface area contributed by atoms with Crippen LogP contribution in [0.2, 0.25) is 0 Å². The fourth-order valence-corrected chi connectivity index (χ4v) is 1.82. The Hall–Kier alpha value is -1.35. The highest BCUT2D eigenvalue weighted by Crippen LogP contribution is 2.19. The normalized spacial score (nSPS) is 12.6. The molecule has 0 heterocycles. The van der Waals surface area contributed by atoms with Crippen LogP contribution in [-0.2, 0) is 11.2 Å². The number of hydroxylamine groups is 2. The van der Waals surface area contributed by atoms with Crippen molar-refractivity contribution in [2.24, 2.45) is 5.92 Å². The van der Waals surface area contributed by atoms with Gasteiger partial charge in [0.15, 0.2) is 0 Å². The minimum atomic E-state index is -0.344. The van der Waals surface area contributed by atoms with E-state index in [-0.39, 0.29) is 11.9 Å². The Morgan fingerprint density at radius 3 is 2.18 bits per heavy atom. The topological polar surface area (TPSA) is 40.5 Å². The third-order valence-electron chi connectivity index (χ3n) is 2.80. The molecule has 0 saturated carbocycles. The summed E-state index contributed by atoms with van der Waals surface area (Å²) in [5.74, 6) is 0.286. The van der Waals surface area contributed by atoms with E-state index in [2.05, 4.69) is 26.0 Å². The molecule has 94 valence electrons. The smallest absolute Gasteiger partial charge is 0.243 e. The first-order valence-corrected chi connectivity index (χ1v) is 5.99. The lowest BCUT2D eigenvalue weighted by atomic mass is 10.00. The maximum atomic E-state index is 11.0. The van der Waals surface area contributed by atoms with Crippen molar-refractivity contribution in [3.63, 3.8) is 0 Å². The number of carbonyl (C=O) groups is 1. The van der Waals surface area contributed by atoms with E-state index in [0.717, 1.165) is 17.0 Å². The molecule has 0 radical (unpaired) electrons. The molecule has 1 N–H and O–H groups in total. The average Bonchev–Trinajstić information content (AvgIpc) is 2.27. The summed E-state index contributed by atoms with van der Waals surface area (Å²) in [6.07, 6.45) is 1.05. The first-order chi connectivity index (χ1) is 7.91. The summed E-state index contributed by atoms with van der Waals surface area (Å²) in [7, 11) is 0. The molecule has 0 unspecified atom stereocenters. The van der Waals surface area contributed by atoms with Crippen LogP contribution in [0.25, 0.3) is 0 Å². The van der Waals surface area contributed by atoms with Gasteiger partial charge in [0, 0.05) is 6.92 Å². The summed E-state index contributed by atoms with van der Waals surface area (Å²) in [6.45, 7) is 7.52. The lowest BCUT2D eigenvalue weighted by Gasteiger charge is -2.21. The van der Waals surface area contributed by atoms with Crippen LogP contribution in [0.5, 0.6) is 0 Å². The average molecular weight is 235 g/mol. The van der Waals surface area contributed by atoms with E-state index in [1.54, 1.807) is 6.92 Å². The Morgan fingerprint density at radius 1 is 1.24 bits per heavy atom. The van der Waals surface area contributed by atoms with E-state index in [1.807, 2.05) is 12.1 Å². The predicted molar refractivity (Wildman–Crippen MR) is 67.7 cm³/mol. The standard InChI is InChI=1S/C14H21NO2/c1-10(2)9-13-5-7-14(8-6-13)11(3)15(17)12(4)16/h5-8,10-11,17H,9H2,1-4H3/t11-/m1/s1. The van der Waals surface area contributed by atoms with Gasteiger partial charge in [-0.3, -0.25) is 10.0 Å². The van der Waals surface area contributed by atoms with Gasteiger partial charge in [-0.1, -0.05) is 38.1 Å². The quantitative estimate of drug-likeness (QED) is 0.643. The minimum Gasteiger partial charge on any atom is -0.285 e. The number of rotatable bonds is 4. The molecule has 0 fully saturated rings. The third kappa shape index (κ3) is 3.86. The van der Waals surface area contributed by atoms with Crippen molar-refractivity contribution < 1.29 is 10.0 Å². The van der Waals surface area contributed by atoms with Crippen LogP contribution in [0.4, 0.5) is 0 Å². The molecule has 0 bridgehead atoms. The largest absolute Gasteiger partial charge is 0.285 e. The van der Waals surface area contributed by atoms with Crippen molar-refractivity contribution in [2.45, 2.75) is 40.2 Å². The van der Waals surface area contributed by atoms with Crippen molar-refractivity contribution >= 4 is 5.91 Å². The van der Waals surface area contributed by atoms with Crippen molar-refractivity contribution in [3.05, 3.63) is 35.4 Å². The molecule has 17 heavy (non-hydrogen) atoms. The van der Waals surface area contributed by atoms with E-state index < -0.39 is 0 Å². The van der Waals surface area contributed by atoms with Crippen molar-refractivity contribution in [3.8, 4) is 0 Å². The number of carbonyl (C=O) groups excluding carboxylic acids is 1. The van der Waals surface area contributed by atoms with Gasteiger partial charge in [0.2, 0.25) is 5.91 Å². The summed E-state index contributed by atoms with van der Waals surface area (Å²) in [5, 5.41) is 10.3. The molecule has 1 aromatic rings. The van der Waals surface area contributed by atoms with Crippen molar-refractivity contribution in [1.29, 1.82) is 0 Å². The van der Waals surface area contributed by atoms with E-state index in [4.69, 9.17) is 0 Å². The van der Waals surface area contributed by atoms with Crippen molar-refractivity contribution in [1.82, 2.24) is 5.06 Å². The first-order valence-electron chi connectivity index (χ1n) is 5.99. The monoisotopic (exact) mass is 235 g/mol. The maximum Gasteiger partial charge on any atom is 0.243 e. The second-order valence-corrected chi connectivity index (χ2v) is 4.88. The second-order valence-electron chi connectivity index (χ2n) is 4.88. The van der Waals surface area contributed by atoms with Gasteiger partial charge in [-0.05, 0) is 30.4 Å². The number of hydrogen-bond donors (Lipinski definition) is 1. The summed E-state index contributed by atoms with van der Waals surface area (Å²) in [4.78, 5) is 11.0. The first kappa shape index (κ1) is 13.7. The molecule has 0 aliphatic rings. The number of nitrogens with zero attached hydrogens (tertiary/aromatic N) is 1. The molecule has 1 aromatic carbocycles. The van der Waals surface area contributed by atoms with Gasteiger partial charge in [-0.15, -0.1) is 0 Å². The van der Waals surface area contributed by atoms with Gasteiger partial charge in [0.1, 0.15) is 0 Å². The molecular formula is C14H21NO2. The highest BCUT2D eigenvalue weighted by atomic mass is 16.5. The lowest BCUT2D eigenvalue weighted by Crippen LogP contribution is -2.27.